The molecule has 0 rings (SSSR count). The molecule has 0 aromatic carbocycles. The van der Waals surface area contributed by atoms with Crippen molar-refractivity contribution >= 4 is 11.9 Å². The van der Waals surface area contributed by atoms with E-state index in [1.165, 1.54) is 38.5 Å². The number of hydrogen-bond donors (Lipinski definition) is 4. The van der Waals surface area contributed by atoms with Crippen LogP contribution in [-0.4, -0.2) is 71.0 Å². The van der Waals surface area contributed by atoms with Crippen molar-refractivity contribution in [1.82, 2.24) is 0 Å². The van der Waals surface area contributed by atoms with E-state index in [1.54, 1.807) is 0 Å². The molecule has 49 heavy (non-hydrogen) atoms. The van der Waals surface area contributed by atoms with Crippen LogP contribution in [0.5, 0.6) is 0 Å². The molecule has 0 bridgehead atoms. The summed E-state index contributed by atoms with van der Waals surface area (Å²) in [7, 11) is 0. The van der Waals surface area contributed by atoms with Crippen molar-refractivity contribution < 1.29 is 39.5 Å². The molecule has 8 nitrogen and oxygen atoms in total. The minimum atomic E-state index is -1.21. The predicted molar refractivity (Wildman–Crippen MR) is 200 cm³/mol. The second-order valence-electron chi connectivity index (χ2n) is 14.2. The van der Waals surface area contributed by atoms with Gasteiger partial charge in [0.25, 0.3) is 0 Å². The molecule has 0 saturated carbocycles. The average molecular weight is 697 g/mol. The van der Waals surface area contributed by atoms with Crippen LogP contribution in [0.25, 0.3) is 0 Å². The van der Waals surface area contributed by atoms with E-state index in [9.17, 15) is 30.0 Å². The fourth-order valence-corrected chi connectivity index (χ4v) is 5.60. The van der Waals surface area contributed by atoms with Crippen LogP contribution >= 0.6 is 0 Å². The molecule has 288 valence electrons. The van der Waals surface area contributed by atoms with Crippen LogP contribution in [0.2, 0.25) is 0 Å². The molecule has 0 spiro atoms. The summed E-state index contributed by atoms with van der Waals surface area (Å²) in [5.41, 5.74) is -1.21. The summed E-state index contributed by atoms with van der Waals surface area (Å²) in [5.74, 6) is -0.751. The van der Waals surface area contributed by atoms with E-state index in [2.05, 4.69) is 38.2 Å². The highest BCUT2D eigenvalue weighted by Gasteiger charge is 2.33. The minimum absolute atomic E-state index is 0.196. The number of ether oxygens (including phenoxy) is 2. The molecule has 2 atom stereocenters. The summed E-state index contributed by atoms with van der Waals surface area (Å²) in [5, 5.41) is 39.8. The third kappa shape index (κ3) is 30.8. The maximum atomic E-state index is 12.3. The van der Waals surface area contributed by atoms with E-state index in [0.29, 0.717) is 0 Å². The molecule has 0 radical (unpaired) electrons. The third-order valence-corrected chi connectivity index (χ3v) is 9.18. The Hall–Kier alpha value is -1.74. The zero-order valence-corrected chi connectivity index (χ0v) is 31.6. The molecule has 0 aromatic heterocycles. The Morgan fingerprint density at radius 3 is 1.29 bits per heavy atom. The van der Waals surface area contributed by atoms with Crippen molar-refractivity contribution in [3.05, 3.63) is 24.3 Å². The van der Waals surface area contributed by atoms with E-state index >= 15 is 0 Å². The van der Waals surface area contributed by atoms with E-state index in [4.69, 9.17) is 9.47 Å². The third-order valence-electron chi connectivity index (χ3n) is 9.18. The lowest BCUT2D eigenvalue weighted by molar-refractivity contribution is -0.159. The highest BCUT2D eigenvalue weighted by atomic mass is 16.5. The van der Waals surface area contributed by atoms with Gasteiger partial charge in [-0.3, -0.25) is 9.59 Å². The largest absolute Gasteiger partial charge is 0.465 e. The zero-order valence-electron chi connectivity index (χ0n) is 31.6. The lowest BCUT2D eigenvalue weighted by Crippen LogP contribution is -2.41. The van der Waals surface area contributed by atoms with Crippen molar-refractivity contribution in [1.29, 1.82) is 0 Å². The van der Waals surface area contributed by atoms with Gasteiger partial charge in [-0.15, -0.1) is 0 Å². The fraction of sp³-hybridized carbons (Fsp3) is 0.854. The zero-order chi connectivity index (χ0) is 36.3. The van der Waals surface area contributed by atoms with Gasteiger partial charge in [-0.1, -0.05) is 128 Å². The topological polar surface area (TPSA) is 134 Å². The standard InChI is InChI=1S/C41H76O8/c1-3-5-7-21-27-37(44)29-23-17-13-9-11-15-19-25-31-39(46)48-35-41(33-42,34-43)36-49-40(47)32-26-20-16-12-10-14-18-24-30-38(45)28-22-8-6-4-2/h17-18,23-24,37-38,42-45H,3-16,19-22,25-36H2,1-2H3/b23-17-,24-18-/t37-,38-/m1/s1. The van der Waals surface area contributed by atoms with Crippen LogP contribution in [0.15, 0.2) is 24.3 Å². The lowest BCUT2D eigenvalue weighted by Gasteiger charge is -2.28. The Kier molecular flexibility index (Phi) is 33.5. The predicted octanol–water partition coefficient (Wildman–Crippen LogP) is 9.06. The molecular weight excluding hydrogens is 620 g/mol. The first-order valence-corrected chi connectivity index (χ1v) is 20.0. The van der Waals surface area contributed by atoms with Crippen LogP contribution in [0.3, 0.4) is 0 Å². The van der Waals surface area contributed by atoms with Gasteiger partial charge in [-0.25, -0.2) is 0 Å². The van der Waals surface area contributed by atoms with Crippen molar-refractivity contribution in [2.75, 3.05) is 26.4 Å². The highest BCUT2D eigenvalue weighted by Crippen LogP contribution is 2.19. The first-order valence-electron chi connectivity index (χ1n) is 20.0. The quantitative estimate of drug-likeness (QED) is 0.0290. The Balaban J connectivity index is 3.89. The molecule has 0 fully saturated rings. The summed E-state index contributed by atoms with van der Waals surface area (Å²) >= 11 is 0. The summed E-state index contributed by atoms with van der Waals surface area (Å²) in [6.45, 7) is 3.08. The second kappa shape index (κ2) is 34.7. The van der Waals surface area contributed by atoms with Gasteiger partial charge >= 0.3 is 11.9 Å². The highest BCUT2D eigenvalue weighted by molar-refractivity contribution is 5.69. The maximum absolute atomic E-state index is 12.3. The summed E-state index contributed by atoms with van der Waals surface area (Å²) in [6.07, 6.45) is 33.1. The van der Waals surface area contributed by atoms with Crippen LogP contribution in [-0.2, 0) is 19.1 Å². The van der Waals surface area contributed by atoms with Crippen molar-refractivity contribution in [2.24, 2.45) is 5.41 Å². The molecule has 0 saturated heterocycles. The monoisotopic (exact) mass is 697 g/mol. The number of allylic oxidation sites excluding steroid dienone is 2. The van der Waals surface area contributed by atoms with E-state index < -0.39 is 18.6 Å². The van der Waals surface area contributed by atoms with Gasteiger partial charge in [0.2, 0.25) is 0 Å². The number of carbonyl (C=O) groups excluding carboxylic acids is 2. The molecule has 0 unspecified atom stereocenters. The van der Waals surface area contributed by atoms with Gasteiger partial charge in [0.1, 0.15) is 13.2 Å². The Morgan fingerprint density at radius 2 is 0.898 bits per heavy atom. The second-order valence-corrected chi connectivity index (χ2v) is 14.2. The molecule has 0 aliphatic rings. The maximum Gasteiger partial charge on any atom is 0.305 e. The normalized spacial score (nSPS) is 13.3. The summed E-state index contributed by atoms with van der Waals surface area (Å²) < 4.78 is 10.7. The SMILES string of the molecule is CCCCCC[C@@H](O)C/C=C\CCCCCCCC(=O)OCC(CO)(CO)COC(=O)CCCCCCC/C=C\C[C@H](O)CCCCCC. The van der Waals surface area contributed by atoms with E-state index in [0.717, 1.165) is 116 Å². The van der Waals surface area contributed by atoms with Crippen LogP contribution in [0.4, 0.5) is 0 Å². The molecular formula is C41H76O8. The molecule has 0 amide bonds. The van der Waals surface area contributed by atoms with Gasteiger partial charge in [-0.2, -0.15) is 0 Å². The van der Waals surface area contributed by atoms with Gasteiger partial charge in [0.15, 0.2) is 0 Å². The van der Waals surface area contributed by atoms with Crippen LogP contribution < -0.4 is 0 Å². The number of hydrogen-bond acceptors (Lipinski definition) is 8. The molecule has 0 heterocycles. The van der Waals surface area contributed by atoms with Gasteiger partial charge in [0, 0.05) is 12.8 Å². The molecule has 0 aliphatic heterocycles. The Labute approximate surface area is 300 Å². The van der Waals surface area contributed by atoms with Gasteiger partial charge < -0.3 is 29.9 Å². The van der Waals surface area contributed by atoms with Crippen molar-refractivity contribution in [3.8, 4) is 0 Å². The number of carbonyl (C=O) groups is 2. The smallest absolute Gasteiger partial charge is 0.305 e. The molecule has 0 aliphatic carbocycles. The lowest BCUT2D eigenvalue weighted by atomic mass is 9.92. The molecule has 4 N–H and O–H groups in total. The van der Waals surface area contributed by atoms with Crippen molar-refractivity contribution in [3.63, 3.8) is 0 Å². The van der Waals surface area contributed by atoms with E-state index in [-0.39, 0.29) is 50.2 Å². The van der Waals surface area contributed by atoms with Gasteiger partial charge in [-0.05, 0) is 64.2 Å². The molecule has 0 aromatic rings. The summed E-state index contributed by atoms with van der Waals surface area (Å²) in [4.78, 5) is 24.5. The van der Waals surface area contributed by atoms with Gasteiger partial charge in [0.05, 0.1) is 30.8 Å². The average Bonchev–Trinajstić information content (AvgIpc) is 3.10. The number of unbranched alkanes of at least 4 members (excludes halogenated alkanes) is 16. The first-order chi connectivity index (χ1) is 23.8. The number of aliphatic hydroxyl groups is 4. The first kappa shape index (κ1) is 47.3. The van der Waals surface area contributed by atoms with Crippen LogP contribution in [0.1, 0.15) is 181 Å². The fourth-order valence-electron chi connectivity index (χ4n) is 5.60. The Bertz CT molecular complexity index is 745. The Morgan fingerprint density at radius 1 is 0.531 bits per heavy atom. The number of esters is 2. The van der Waals surface area contributed by atoms with E-state index in [1.807, 2.05) is 0 Å². The van der Waals surface area contributed by atoms with Crippen LogP contribution in [0, 0.1) is 5.41 Å². The minimum Gasteiger partial charge on any atom is -0.465 e. The summed E-state index contributed by atoms with van der Waals surface area (Å²) in [6, 6.07) is 0. The molecule has 8 heteroatoms. The number of aliphatic hydroxyl groups excluding tert-OH is 4. The van der Waals surface area contributed by atoms with Crippen molar-refractivity contribution in [2.45, 2.75) is 193 Å². The number of rotatable bonds is 36.